The highest BCUT2D eigenvalue weighted by molar-refractivity contribution is 6.47. The highest BCUT2D eigenvalue weighted by atomic mass is 16.5. The topological polar surface area (TPSA) is 42.6 Å². The van der Waals surface area contributed by atoms with Gasteiger partial charge in [0.15, 0.2) is 0 Å². The Hall–Kier alpha value is -1.78. The summed E-state index contributed by atoms with van der Waals surface area (Å²) < 4.78 is 11.6. The third-order valence-electron chi connectivity index (χ3n) is 4.36. The van der Waals surface area contributed by atoms with Crippen LogP contribution in [0.2, 0.25) is 0 Å². The Morgan fingerprint density at radius 1 is 0.955 bits per heavy atom. The Kier molecular flexibility index (Phi) is 3.54. The molecule has 0 aliphatic rings. The minimum atomic E-state index is -0.935. The Morgan fingerprint density at radius 2 is 1.64 bits per heavy atom. The molecule has 3 rings (SSSR count). The number of hydrogen-bond acceptors (Lipinski definition) is 3. The van der Waals surface area contributed by atoms with Gasteiger partial charge in [0.2, 0.25) is 0 Å². The molecule has 4 heteroatoms. The minimum Gasteiger partial charge on any atom is -0.456 e. The van der Waals surface area contributed by atoms with Crippen molar-refractivity contribution in [1.29, 1.82) is 0 Å². The van der Waals surface area contributed by atoms with E-state index in [9.17, 15) is 5.11 Å². The van der Waals surface area contributed by atoms with Crippen molar-refractivity contribution in [3.63, 3.8) is 0 Å². The number of para-hydroxylation sites is 1. The summed E-state index contributed by atoms with van der Waals surface area (Å²) in [6.45, 7) is 7.23. The van der Waals surface area contributed by atoms with Crippen molar-refractivity contribution >= 4 is 34.9 Å². The molecule has 2 aromatic carbocycles. The Balaban J connectivity index is 1.91. The van der Waals surface area contributed by atoms with Gasteiger partial charge in [-0.2, -0.15) is 0 Å². The predicted octanol–water partition coefficient (Wildman–Crippen LogP) is 3.40. The summed E-state index contributed by atoms with van der Waals surface area (Å²) >= 11 is 0. The van der Waals surface area contributed by atoms with Crippen LogP contribution in [0, 0.1) is 0 Å². The van der Waals surface area contributed by atoms with Crippen LogP contribution in [0.4, 0.5) is 0 Å². The normalized spacial score (nSPS) is 13.0. The number of hydrogen-bond donors (Lipinski definition) is 1. The van der Waals surface area contributed by atoms with Gasteiger partial charge in [-0.3, -0.25) is 0 Å². The molecule has 0 bridgehead atoms. The van der Waals surface area contributed by atoms with Crippen LogP contribution in [0.15, 0.2) is 46.9 Å². The maximum absolute atomic E-state index is 10.1. The van der Waals surface area contributed by atoms with Crippen LogP contribution in [-0.4, -0.2) is 23.8 Å². The number of rotatable bonds is 4. The Labute approximate surface area is 131 Å². The number of aliphatic hydroxyl groups is 1. The van der Waals surface area contributed by atoms with Crippen molar-refractivity contribution in [3.05, 3.63) is 42.5 Å². The van der Waals surface area contributed by atoms with Crippen LogP contribution in [0.1, 0.15) is 27.7 Å². The third kappa shape index (κ3) is 2.64. The molecule has 22 heavy (non-hydrogen) atoms. The van der Waals surface area contributed by atoms with E-state index in [2.05, 4.69) is 0 Å². The summed E-state index contributed by atoms with van der Waals surface area (Å²) in [4.78, 5) is 0. The number of benzene rings is 2. The van der Waals surface area contributed by atoms with Gasteiger partial charge in [0, 0.05) is 10.8 Å². The van der Waals surface area contributed by atoms with Gasteiger partial charge in [0.05, 0.1) is 11.2 Å². The van der Waals surface area contributed by atoms with Crippen LogP contribution < -0.4 is 5.46 Å². The van der Waals surface area contributed by atoms with Crippen LogP contribution in [0.3, 0.4) is 0 Å². The summed E-state index contributed by atoms with van der Waals surface area (Å²) in [6, 6.07) is 13.9. The van der Waals surface area contributed by atoms with Crippen LogP contribution in [0.25, 0.3) is 21.9 Å². The molecule has 0 aliphatic heterocycles. The molecular weight excluding hydrogens is 275 g/mol. The van der Waals surface area contributed by atoms with Gasteiger partial charge in [-0.05, 0) is 39.8 Å². The predicted molar refractivity (Wildman–Crippen MR) is 90.6 cm³/mol. The molecule has 1 radical (unpaired) electrons. The zero-order chi connectivity index (χ0) is 16.0. The highest BCUT2D eigenvalue weighted by Crippen LogP contribution is 2.28. The first-order valence-corrected chi connectivity index (χ1v) is 7.43. The second-order valence-corrected chi connectivity index (χ2v) is 6.66. The van der Waals surface area contributed by atoms with Gasteiger partial charge in [-0.25, -0.2) is 0 Å². The van der Waals surface area contributed by atoms with Crippen LogP contribution in [0.5, 0.6) is 0 Å². The zero-order valence-electron chi connectivity index (χ0n) is 13.4. The van der Waals surface area contributed by atoms with Gasteiger partial charge in [0.25, 0.3) is 0 Å². The van der Waals surface area contributed by atoms with E-state index in [-0.39, 0.29) is 0 Å². The molecule has 3 nitrogen and oxygen atoms in total. The molecule has 3 aromatic rings. The smallest absolute Gasteiger partial charge is 0.330 e. The lowest BCUT2D eigenvalue weighted by atomic mass is 9.82. The highest BCUT2D eigenvalue weighted by Gasteiger charge is 2.35. The maximum Gasteiger partial charge on any atom is 0.330 e. The fourth-order valence-corrected chi connectivity index (χ4v) is 2.18. The van der Waals surface area contributed by atoms with Gasteiger partial charge < -0.3 is 14.2 Å². The van der Waals surface area contributed by atoms with Crippen molar-refractivity contribution < 1.29 is 14.2 Å². The van der Waals surface area contributed by atoms with E-state index in [0.29, 0.717) is 0 Å². The molecule has 1 heterocycles. The summed E-state index contributed by atoms with van der Waals surface area (Å²) in [5.41, 5.74) is 1.07. The Bertz CT molecular complexity index is 812. The molecule has 0 fully saturated rings. The summed E-state index contributed by atoms with van der Waals surface area (Å²) in [5.74, 6) is 0. The minimum absolute atomic E-state index is 0.680. The average molecular weight is 295 g/mol. The van der Waals surface area contributed by atoms with E-state index in [4.69, 9.17) is 9.07 Å². The molecule has 0 spiro atoms. The van der Waals surface area contributed by atoms with Gasteiger partial charge in [-0.1, -0.05) is 35.8 Å². The average Bonchev–Trinajstić information content (AvgIpc) is 2.82. The lowest BCUT2D eigenvalue weighted by Gasteiger charge is -2.37. The molecule has 0 aliphatic carbocycles. The summed E-state index contributed by atoms with van der Waals surface area (Å²) in [7, 11) is 1.69. The van der Waals surface area contributed by atoms with Gasteiger partial charge in [-0.15, -0.1) is 0 Å². The molecule has 1 aromatic heterocycles. The van der Waals surface area contributed by atoms with Crippen LogP contribution >= 0.6 is 0 Å². The van der Waals surface area contributed by atoms with E-state index in [1.165, 1.54) is 0 Å². The standard InChI is InChI=1S/C18H20BO3/c1-17(2,20)18(3,4)22-19-12-9-10-16-14(11-12)13-7-5-6-8-15(13)21-16/h5-11,20H,1-4H3. The maximum atomic E-state index is 10.1. The van der Waals surface area contributed by atoms with E-state index < -0.39 is 11.2 Å². The molecule has 113 valence electrons. The lowest BCUT2D eigenvalue weighted by molar-refractivity contribution is -0.0893. The second kappa shape index (κ2) is 5.15. The number of fused-ring (bicyclic) bond motifs is 3. The van der Waals surface area contributed by atoms with Crippen LogP contribution in [-0.2, 0) is 4.65 Å². The van der Waals surface area contributed by atoms with Crippen molar-refractivity contribution in [3.8, 4) is 0 Å². The molecular formula is C18H20BO3. The summed E-state index contributed by atoms with van der Waals surface area (Å²) in [6.07, 6.45) is 0. The van der Waals surface area contributed by atoms with Gasteiger partial charge in [0.1, 0.15) is 11.2 Å². The first-order chi connectivity index (χ1) is 10.3. The fourth-order valence-electron chi connectivity index (χ4n) is 2.18. The molecule has 0 saturated carbocycles. The first-order valence-electron chi connectivity index (χ1n) is 7.43. The van der Waals surface area contributed by atoms with Crippen molar-refractivity contribution in [2.75, 3.05) is 0 Å². The quantitative estimate of drug-likeness (QED) is 0.750. The number of furan rings is 1. The van der Waals surface area contributed by atoms with Crippen molar-refractivity contribution in [2.45, 2.75) is 38.9 Å². The van der Waals surface area contributed by atoms with E-state index >= 15 is 0 Å². The first kappa shape index (κ1) is 15.1. The lowest BCUT2D eigenvalue weighted by Crippen LogP contribution is -2.49. The second-order valence-electron chi connectivity index (χ2n) is 6.66. The molecule has 0 saturated heterocycles. The molecule has 0 atom stereocenters. The molecule has 1 N–H and O–H groups in total. The fraction of sp³-hybridized carbons (Fsp3) is 0.333. The third-order valence-corrected chi connectivity index (χ3v) is 4.36. The largest absolute Gasteiger partial charge is 0.456 e. The van der Waals surface area contributed by atoms with Gasteiger partial charge >= 0.3 is 7.48 Å². The Morgan fingerprint density at radius 3 is 2.36 bits per heavy atom. The van der Waals surface area contributed by atoms with Crippen molar-refractivity contribution in [1.82, 2.24) is 0 Å². The molecule has 0 unspecified atom stereocenters. The van der Waals surface area contributed by atoms with E-state index in [1.807, 2.05) is 56.3 Å². The summed E-state index contributed by atoms with van der Waals surface area (Å²) in [5, 5.41) is 12.3. The molecule has 0 amide bonds. The monoisotopic (exact) mass is 295 g/mol. The SMILES string of the molecule is CC(C)(O)C(C)(C)O[B]c1ccc2oc3ccccc3c2c1. The zero-order valence-corrected chi connectivity index (χ0v) is 13.4. The van der Waals surface area contributed by atoms with Crippen molar-refractivity contribution in [2.24, 2.45) is 0 Å². The van der Waals surface area contributed by atoms with E-state index in [1.54, 1.807) is 21.3 Å². The van der Waals surface area contributed by atoms with E-state index in [0.717, 1.165) is 27.4 Å².